The van der Waals surface area contributed by atoms with Crippen LogP contribution in [0.5, 0.6) is 11.5 Å². The molecule has 0 radical (unpaired) electrons. The Labute approximate surface area is 133 Å². The molecule has 1 N–H and O–H groups in total. The van der Waals surface area contributed by atoms with Crippen LogP contribution >= 0.6 is 11.6 Å². The van der Waals surface area contributed by atoms with Gasteiger partial charge in [0.25, 0.3) is 0 Å². The zero-order valence-electron chi connectivity index (χ0n) is 13.1. The number of hydrogen-bond acceptors (Lipinski definition) is 3. The standard InChI is InChI=1S/C17H26ClNO2/c1-13(2)12-19-7-5-3-4-6-14-10-16-17(11-15(14)18)21-9-8-20-16/h10-11,13,19H,3-9,12H2,1-2H3. The van der Waals surface area contributed by atoms with E-state index in [1.807, 2.05) is 12.1 Å². The molecule has 0 amide bonds. The highest BCUT2D eigenvalue weighted by Crippen LogP contribution is 2.35. The number of halogens is 1. The highest BCUT2D eigenvalue weighted by atomic mass is 35.5. The molecule has 1 heterocycles. The minimum absolute atomic E-state index is 0.603. The fourth-order valence-electron chi connectivity index (χ4n) is 2.43. The second kappa shape index (κ2) is 8.50. The third kappa shape index (κ3) is 5.40. The third-order valence-corrected chi connectivity index (χ3v) is 3.92. The number of benzene rings is 1. The molecule has 0 fully saturated rings. The van der Waals surface area contributed by atoms with Crippen molar-refractivity contribution in [3.05, 3.63) is 22.7 Å². The van der Waals surface area contributed by atoms with Gasteiger partial charge in [0.2, 0.25) is 0 Å². The molecule has 1 aromatic rings. The lowest BCUT2D eigenvalue weighted by Crippen LogP contribution is -2.20. The summed E-state index contributed by atoms with van der Waals surface area (Å²) < 4.78 is 11.1. The van der Waals surface area contributed by atoms with E-state index in [9.17, 15) is 0 Å². The summed E-state index contributed by atoms with van der Waals surface area (Å²) in [6.45, 7) is 7.90. The van der Waals surface area contributed by atoms with Crippen LogP contribution in [0.2, 0.25) is 5.02 Å². The van der Waals surface area contributed by atoms with E-state index < -0.39 is 0 Å². The molecule has 1 aliphatic rings. The van der Waals surface area contributed by atoms with E-state index >= 15 is 0 Å². The normalized spacial score (nSPS) is 13.7. The van der Waals surface area contributed by atoms with Crippen molar-refractivity contribution < 1.29 is 9.47 Å². The van der Waals surface area contributed by atoms with Crippen LogP contribution in [-0.2, 0) is 6.42 Å². The summed E-state index contributed by atoms with van der Waals surface area (Å²) in [6, 6.07) is 3.92. The molecule has 1 aromatic carbocycles. The SMILES string of the molecule is CC(C)CNCCCCCc1cc2c(cc1Cl)OCCO2. The Morgan fingerprint density at radius 2 is 1.81 bits per heavy atom. The second-order valence-corrected chi connectivity index (χ2v) is 6.40. The van der Waals surface area contributed by atoms with Crippen molar-refractivity contribution in [3.8, 4) is 11.5 Å². The van der Waals surface area contributed by atoms with E-state index in [0.29, 0.717) is 13.2 Å². The largest absolute Gasteiger partial charge is 0.486 e. The van der Waals surface area contributed by atoms with Crippen LogP contribution in [0.4, 0.5) is 0 Å². The van der Waals surface area contributed by atoms with Gasteiger partial charge < -0.3 is 14.8 Å². The Hall–Kier alpha value is -0.930. The first-order chi connectivity index (χ1) is 10.2. The first-order valence-electron chi connectivity index (χ1n) is 7.95. The molecular formula is C17H26ClNO2. The van der Waals surface area contributed by atoms with Crippen molar-refractivity contribution in [2.75, 3.05) is 26.3 Å². The molecule has 4 heteroatoms. The maximum atomic E-state index is 6.31. The summed E-state index contributed by atoms with van der Waals surface area (Å²) in [5.41, 5.74) is 1.16. The predicted octanol–water partition coefficient (Wildman–Crippen LogP) is 4.07. The third-order valence-electron chi connectivity index (χ3n) is 3.56. The van der Waals surface area contributed by atoms with Gasteiger partial charge in [0, 0.05) is 11.1 Å². The van der Waals surface area contributed by atoms with Crippen molar-refractivity contribution in [1.29, 1.82) is 0 Å². The zero-order chi connectivity index (χ0) is 15.1. The molecule has 3 nitrogen and oxygen atoms in total. The van der Waals surface area contributed by atoms with Crippen LogP contribution in [0, 0.1) is 5.92 Å². The van der Waals surface area contributed by atoms with Gasteiger partial charge in [-0.05, 0) is 49.9 Å². The highest BCUT2D eigenvalue weighted by Gasteiger charge is 2.14. The topological polar surface area (TPSA) is 30.5 Å². The molecule has 0 aliphatic carbocycles. The van der Waals surface area contributed by atoms with Crippen molar-refractivity contribution >= 4 is 11.6 Å². The molecule has 0 unspecified atom stereocenters. The molecular weight excluding hydrogens is 286 g/mol. The van der Waals surface area contributed by atoms with E-state index in [0.717, 1.165) is 53.9 Å². The van der Waals surface area contributed by atoms with Crippen LogP contribution in [-0.4, -0.2) is 26.3 Å². The number of fused-ring (bicyclic) bond motifs is 1. The number of hydrogen-bond donors (Lipinski definition) is 1. The molecule has 2 rings (SSSR count). The maximum absolute atomic E-state index is 6.31. The summed E-state index contributed by atoms with van der Waals surface area (Å²) in [5, 5.41) is 4.26. The monoisotopic (exact) mass is 311 g/mol. The molecule has 118 valence electrons. The summed E-state index contributed by atoms with van der Waals surface area (Å²) >= 11 is 6.31. The highest BCUT2D eigenvalue weighted by molar-refractivity contribution is 6.31. The quantitative estimate of drug-likeness (QED) is 0.734. The Morgan fingerprint density at radius 1 is 1.10 bits per heavy atom. The fraction of sp³-hybridized carbons (Fsp3) is 0.647. The van der Waals surface area contributed by atoms with Gasteiger partial charge in [-0.15, -0.1) is 0 Å². The van der Waals surface area contributed by atoms with Crippen molar-refractivity contribution in [3.63, 3.8) is 0 Å². The summed E-state index contributed by atoms with van der Waals surface area (Å²) in [7, 11) is 0. The van der Waals surface area contributed by atoms with Gasteiger partial charge in [-0.1, -0.05) is 31.9 Å². The average molecular weight is 312 g/mol. The lowest BCUT2D eigenvalue weighted by molar-refractivity contribution is 0.171. The molecule has 0 bridgehead atoms. The molecule has 0 saturated heterocycles. The fourth-order valence-corrected chi connectivity index (χ4v) is 2.68. The van der Waals surface area contributed by atoms with Crippen LogP contribution in [0.1, 0.15) is 38.7 Å². The van der Waals surface area contributed by atoms with Gasteiger partial charge in [0.05, 0.1) is 0 Å². The van der Waals surface area contributed by atoms with Crippen molar-refractivity contribution in [2.24, 2.45) is 5.92 Å². The van der Waals surface area contributed by atoms with Crippen LogP contribution in [0.3, 0.4) is 0 Å². The lowest BCUT2D eigenvalue weighted by Gasteiger charge is -2.19. The first-order valence-corrected chi connectivity index (χ1v) is 8.33. The van der Waals surface area contributed by atoms with Gasteiger partial charge in [0.15, 0.2) is 11.5 Å². The Bertz CT molecular complexity index is 449. The van der Waals surface area contributed by atoms with E-state index in [1.54, 1.807) is 0 Å². The molecule has 0 atom stereocenters. The summed E-state index contributed by atoms with van der Waals surface area (Å²) in [5.74, 6) is 2.33. The van der Waals surface area contributed by atoms with Crippen molar-refractivity contribution in [2.45, 2.75) is 39.5 Å². The number of unbranched alkanes of at least 4 members (excludes halogenated alkanes) is 2. The summed E-state index contributed by atoms with van der Waals surface area (Å²) in [4.78, 5) is 0. The number of rotatable bonds is 8. The Balaban J connectivity index is 1.71. The van der Waals surface area contributed by atoms with E-state index in [2.05, 4.69) is 19.2 Å². The average Bonchev–Trinajstić information content (AvgIpc) is 2.46. The smallest absolute Gasteiger partial charge is 0.162 e. The van der Waals surface area contributed by atoms with Gasteiger partial charge in [-0.2, -0.15) is 0 Å². The van der Waals surface area contributed by atoms with Gasteiger partial charge in [-0.3, -0.25) is 0 Å². The Morgan fingerprint density at radius 3 is 2.52 bits per heavy atom. The molecule has 21 heavy (non-hydrogen) atoms. The second-order valence-electron chi connectivity index (χ2n) is 6.00. The zero-order valence-corrected chi connectivity index (χ0v) is 13.8. The van der Waals surface area contributed by atoms with Gasteiger partial charge >= 0.3 is 0 Å². The van der Waals surface area contributed by atoms with E-state index in [-0.39, 0.29) is 0 Å². The molecule has 1 aliphatic heterocycles. The lowest BCUT2D eigenvalue weighted by atomic mass is 10.1. The maximum Gasteiger partial charge on any atom is 0.162 e. The minimum Gasteiger partial charge on any atom is -0.486 e. The molecule has 0 aromatic heterocycles. The Kier molecular flexibility index (Phi) is 6.65. The van der Waals surface area contributed by atoms with Crippen molar-refractivity contribution in [1.82, 2.24) is 5.32 Å². The van der Waals surface area contributed by atoms with E-state index in [4.69, 9.17) is 21.1 Å². The number of aryl methyl sites for hydroxylation is 1. The van der Waals surface area contributed by atoms with Gasteiger partial charge in [0.1, 0.15) is 13.2 Å². The van der Waals surface area contributed by atoms with Gasteiger partial charge in [-0.25, -0.2) is 0 Å². The molecule has 0 spiro atoms. The van der Waals surface area contributed by atoms with Crippen LogP contribution in [0.15, 0.2) is 12.1 Å². The number of nitrogens with one attached hydrogen (secondary N) is 1. The summed E-state index contributed by atoms with van der Waals surface area (Å²) in [6.07, 6.45) is 4.59. The molecule has 0 saturated carbocycles. The first kappa shape index (κ1) is 16.4. The number of ether oxygens (including phenoxy) is 2. The van der Waals surface area contributed by atoms with Crippen LogP contribution < -0.4 is 14.8 Å². The van der Waals surface area contributed by atoms with Crippen LogP contribution in [0.25, 0.3) is 0 Å². The predicted molar refractivity (Wildman–Crippen MR) is 87.7 cm³/mol. The van der Waals surface area contributed by atoms with E-state index in [1.165, 1.54) is 12.8 Å². The minimum atomic E-state index is 0.603.